The second kappa shape index (κ2) is 5.28. The largest absolute Gasteiger partial charge is 0.375 e. The molecule has 1 aromatic rings. The van der Waals surface area contributed by atoms with Crippen LogP contribution in [0.1, 0.15) is 32.6 Å². The smallest absolute Gasteiger partial charge is 0.285 e. The molecule has 0 amide bonds. The van der Waals surface area contributed by atoms with Crippen molar-refractivity contribution in [1.29, 1.82) is 0 Å². The van der Waals surface area contributed by atoms with Crippen LogP contribution in [0.25, 0.3) is 0 Å². The molecule has 1 saturated carbocycles. The Morgan fingerprint density at radius 2 is 2.44 bits per heavy atom. The molecular formula is C12H19ClN4O. The van der Waals surface area contributed by atoms with Gasteiger partial charge in [-0.3, -0.25) is 4.79 Å². The van der Waals surface area contributed by atoms with Crippen LogP contribution in [0.15, 0.2) is 11.0 Å². The van der Waals surface area contributed by atoms with E-state index >= 15 is 0 Å². The highest BCUT2D eigenvalue weighted by molar-refractivity contribution is 6.32. The maximum absolute atomic E-state index is 11.4. The third-order valence-corrected chi connectivity index (χ3v) is 4.37. The third-order valence-electron chi connectivity index (χ3n) is 4.00. The SMILES string of the molecule is CC1CCCCC1(CN)Nc1cn[nH]c(=O)c1Cl. The van der Waals surface area contributed by atoms with Gasteiger partial charge in [0.2, 0.25) is 0 Å². The predicted molar refractivity (Wildman–Crippen MR) is 72.9 cm³/mol. The minimum atomic E-state index is -0.377. The lowest BCUT2D eigenvalue weighted by Gasteiger charge is -2.43. The number of hydrogen-bond donors (Lipinski definition) is 3. The molecular weight excluding hydrogens is 252 g/mol. The number of hydrogen-bond acceptors (Lipinski definition) is 4. The summed E-state index contributed by atoms with van der Waals surface area (Å²) in [5.41, 5.74) is 5.96. The summed E-state index contributed by atoms with van der Waals surface area (Å²) < 4.78 is 0. The quantitative estimate of drug-likeness (QED) is 0.781. The first-order valence-corrected chi connectivity index (χ1v) is 6.68. The highest BCUT2D eigenvalue weighted by Crippen LogP contribution is 2.36. The number of anilines is 1. The number of nitrogens with two attached hydrogens (primary N) is 1. The molecule has 1 heterocycles. The van der Waals surface area contributed by atoms with Crippen LogP contribution in [0.2, 0.25) is 5.02 Å². The van der Waals surface area contributed by atoms with E-state index in [4.69, 9.17) is 17.3 Å². The normalized spacial score (nSPS) is 28.1. The fourth-order valence-electron chi connectivity index (χ4n) is 2.69. The van der Waals surface area contributed by atoms with Crippen LogP contribution in [0.4, 0.5) is 5.69 Å². The highest BCUT2D eigenvalue weighted by Gasteiger charge is 2.37. The molecule has 2 unspecified atom stereocenters. The van der Waals surface area contributed by atoms with Crippen molar-refractivity contribution in [2.75, 3.05) is 11.9 Å². The molecule has 1 aliphatic carbocycles. The number of aromatic amines is 1. The summed E-state index contributed by atoms with van der Waals surface area (Å²) in [6.07, 6.45) is 6.05. The maximum Gasteiger partial charge on any atom is 0.285 e. The van der Waals surface area contributed by atoms with E-state index < -0.39 is 0 Å². The molecule has 2 atom stereocenters. The molecule has 1 aliphatic rings. The first kappa shape index (κ1) is 13.4. The standard InChI is InChI=1S/C12H19ClN4O/c1-8-4-2-3-5-12(8,7-14)16-9-6-15-17-11(18)10(9)13/h6,8H,2-5,7,14H2,1H3,(H2,16,17,18). The number of H-pyrrole nitrogens is 1. The molecule has 100 valence electrons. The molecule has 5 nitrogen and oxygen atoms in total. The average Bonchev–Trinajstić information content (AvgIpc) is 2.38. The molecule has 1 aromatic heterocycles. The molecule has 0 saturated heterocycles. The van der Waals surface area contributed by atoms with Crippen molar-refractivity contribution < 1.29 is 0 Å². The van der Waals surface area contributed by atoms with Gasteiger partial charge in [-0.2, -0.15) is 5.10 Å². The molecule has 0 aliphatic heterocycles. The van der Waals surface area contributed by atoms with Gasteiger partial charge < -0.3 is 11.1 Å². The average molecular weight is 271 g/mol. The van der Waals surface area contributed by atoms with Crippen LogP contribution in [0.5, 0.6) is 0 Å². The van der Waals surface area contributed by atoms with Gasteiger partial charge in [0.15, 0.2) is 0 Å². The summed E-state index contributed by atoms with van der Waals surface area (Å²) in [6, 6.07) is 0. The van der Waals surface area contributed by atoms with Gasteiger partial charge in [-0.15, -0.1) is 0 Å². The number of aromatic nitrogens is 2. The highest BCUT2D eigenvalue weighted by atomic mass is 35.5. The molecule has 0 radical (unpaired) electrons. The molecule has 18 heavy (non-hydrogen) atoms. The molecule has 0 bridgehead atoms. The van der Waals surface area contributed by atoms with E-state index in [1.54, 1.807) is 6.20 Å². The molecule has 0 aromatic carbocycles. The molecule has 4 N–H and O–H groups in total. The molecule has 1 fully saturated rings. The van der Waals surface area contributed by atoms with Gasteiger partial charge in [-0.05, 0) is 18.8 Å². The lowest BCUT2D eigenvalue weighted by molar-refractivity contribution is 0.235. The topological polar surface area (TPSA) is 83.8 Å². The van der Waals surface area contributed by atoms with E-state index in [9.17, 15) is 4.79 Å². The van der Waals surface area contributed by atoms with E-state index in [-0.39, 0.29) is 16.1 Å². The Kier molecular flexibility index (Phi) is 3.92. The van der Waals surface area contributed by atoms with Crippen molar-refractivity contribution in [3.05, 3.63) is 21.6 Å². The zero-order chi connectivity index (χ0) is 13.2. The van der Waals surface area contributed by atoms with E-state index in [0.29, 0.717) is 18.2 Å². The number of halogens is 1. The van der Waals surface area contributed by atoms with Crippen LogP contribution in [-0.2, 0) is 0 Å². The lowest BCUT2D eigenvalue weighted by atomic mass is 9.73. The van der Waals surface area contributed by atoms with Gasteiger partial charge >= 0.3 is 0 Å². The minimum absolute atomic E-state index is 0.149. The molecule has 6 heteroatoms. The van der Waals surface area contributed by atoms with Crippen molar-refractivity contribution in [2.24, 2.45) is 11.7 Å². The van der Waals surface area contributed by atoms with E-state index in [2.05, 4.69) is 22.4 Å². The fourth-order valence-corrected chi connectivity index (χ4v) is 2.83. The summed E-state index contributed by atoms with van der Waals surface area (Å²) >= 11 is 5.99. The predicted octanol–water partition coefficient (Wildman–Crippen LogP) is 1.74. The molecule has 2 rings (SSSR count). The summed E-state index contributed by atoms with van der Waals surface area (Å²) in [5, 5.41) is 9.60. The van der Waals surface area contributed by atoms with Crippen LogP contribution in [0, 0.1) is 5.92 Å². The Balaban J connectivity index is 2.30. The van der Waals surface area contributed by atoms with Crippen molar-refractivity contribution in [1.82, 2.24) is 10.2 Å². The van der Waals surface area contributed by atoms with E-state index in [1.807, 2.05) is 0 Å². The maximum atomic E-state index is 11.4. The van der Waals surface area contributed by atoms with Crippen molar-refractivity contribution in [2.45, 2.75) is 38.1 Å². The van der Waals surface area contributed by atoms with Crippen molar-refractivity contribution in [3.8, 4) is 0 Å². The first-order valence-electron chi connectivity index (χ1n) is 6.30. The second-order valence-electron chi connectivity index (χ2n) is 5.06. The van der Waals surface area contributed by atoms with Crippen molar-refractivity contribution >= 4 is 17.3 Å². The third kappa shape index (κ3) is 2.37. The minimum Gasteiger partial charge on any atom is -0.375 e. The van der Waals surface area contributed by atoms with Gasteiger partial charge in [-0.1, -0.05) is 31.4 Å². The van der Waals surface area contributed by atoms with Crippen molar-refractivity contribution in [3.63, 3.8) is 0 Å². The van der Waals surface area contributed by atoms with E-state index in [1.165, 1.54) is 6.42 Å². The van der Waals surface area contributed by atoms with Crippen LogP contribution in [-0.4, -0.2) is 22.3 Å². The number of nitrogens with one attached hydrogen (secondary N) is 2. The summed E-state index contributed by atoms with van der Waals surface area (Å²) in [6.45, 7) is 2.71. The Hall–Kier alpha value is -1.07. The Morgan fingerprint density at radius 1 is 1.67 bits per heavy atom. The van der Waals surface area contributed by atoms with Gasteiger partial charge in [0, 0.05) is 6.54 Å². The van der Waals surface area contributed by atoms with Gasteiger partial charge in [0.05, 0.1) is 17.4 Å². The summed E-state index contributed by atoms with van der Waals surface area (Å²) in [4.78, 5) is 11.4. The van der Waals surface area contributed by atoms with Gasteiger partial charge in [-0.25, -0.2) is 5.10 Å². The van der Waals surface area contributed by atoms with Crippen LogP contribution >= 0.6 is 11.6 Å². The summed E-state index contributed by atoms with van der Waals surface area (Å²) in [5.74, 6) is 0.451. The lowest BCUT2D eigenvalue weighted by Crippen LogP contribution is -2.52. The second-order valence-corrected chi connectivity index (χ2v) is 5.44. The van der Waals surface area contributed by atoms with Crippen LogP contribution in [0.3, 0.4) is 0 Å². The van der Waals surface area contributed by atoms with Gasteiger partial charge in [0.1, 0.15) is 5.02 Å². The Morgan fingerprint density at radius 3 is 3.11 bits per heavy atom. The zero-order valence-corrected chi connectivity index (χ0v) is 11.3. The monoisotopic (exact) mass is 270 g/mol. The van der Waals surface area contributed by atoms with E-state index in [0.717, 1.165) is 19.3 Å². The zero-order valence-electron chi connectivity index (χ0n) is 10.5. The number of nitrogens with zero attached hydrogens (tertiary/aromatic N) is 1. The first-order chi connectivity index (χ1) is 8.59. The Labute approximate surface area is 111 Å². The Bertz CT molecular complexity index is 475. The van der Waals surface area contributed by atoms with Crippen LogP contribution < -0.4 is 16.6 Å². The van der Waals surface area contributed by atoms with Gasteiger partial charge in [0.25, 0.3) is 5.56 Å². The number of rotatable bonds is 3. The fraction of sp³-hybridized carbons (Fsp3) is 0.667. The molecule has 0 spiro atoms. The summed E-state index contributed by atoms with van der Waals surface area (Å²) in [7, 11) is 0.